The van der Waals surface area contributed by atoms with Gasteiger partial charge in [0.05, 0.1) is 30.3 Å². The van der Waals surface area contributed by atoms with Crippen molar-refractivity contribution in [2.24, 2.45) is 0 Å². The maximum absolute atomic E-state index is 13.7. The number of nitrogens with zero attached hydrogens (tertiary/aromatic N) is 4. The van der Waals surface area contributed by atoms with Gasteiger partial charge in [0.15, 0.2) is 5.13 Å². The average Bonchev–Trinajstić information content (AvgIpc) is 3.45. The molecule has 2 aromatic heterocycles. The summed E-state index contributed by atoms with van der Waals surface area (Å²) in [4.78, 5) is 28.5. The van der Waals surface area contributed by atoms with Crippen LogP contribution in [0.1, 0.15) is 52.8 Å². The molecular weight excluding hydrogens is 479 g/mol. The number of likely N-dealkylation sites (tertiary alicyclic amines) is 1. The van der Waals surface area contributed by atoms with E-state index in [9.17, 15) is 18.0 Å². The van der Waals surface area contributed by atoms with Crippen molar-refractivity contribution in [3.05, 3.63) is 52.4 Å². The number of benzene rings is 1. The highest BCUT2D eigenvalue weighted by atomic mass is 32.1. The zero-order valence-corrected chi connectivity index (χ0v) is 20.5. The van der Waals surface area contributed by atoms with Crippen molar-refractivity contribution >= 4 is 22.4 Å². The van der Waals surface area contributed by atoms with Crippen molar-refractivity contribution < 1.29 is 22.7 Å². The van der Waals surface area contributed by atoms with Crippen LogP contribution in [0.5, 0.6) is 5.75 Å². The first-order chi connectivity index (χ1) is 16.7. The van der Waals surface area contributed by atoms with Crippen LogP contribution in [0.15, 0.2) is 30.6 Å². The van der Waals surface area contributed by atoms with E-state index in [1.807, 2.05) is 0 Å². The summed E-state index contributed by atoms with van der Waals surface area (Å²) in [6.07, 6.45) is 1.42. The number of ether oxygens (including phenoxy) is 1. The van der Waals surface area contributed by atoms with Crippen molar-refractivity contribution in [1.29, 1.82) is 0 Å². The molecule has 1 aliphatic heterocycles. The van der Waals surface area contributed by atoms with E-state index in [0.717, 1.165) is 36.8 Å². The molecule has 186 valence electrons. The molecule has 0 saturated carbocycles. The van der Waals surface area contributed by atoms with Gasteiger partial charge in [0.25, 0.3) is 5.91 Å². The number of methoxy groups -OCH3 is 1. The molecule has 0 aliphatic carbocycles. The Morgan fingerprint density at radius 1 is 1.29 bits per heavy atom. The average molecular weight is 506 g/mol. The summed E-state index contributed by atoms with van der Waals surface area (Å²) >= 11 is 1.26. The number of alkyl halides is 3. The number of carbonyl (C=O) groups excluding carboxylic acids is 1. The van der Waals surface area contributed by atoms with E-state index in [2.05, 4.69) is 32.1 Å². The quantitative estimate of drug-likeness (QED) is 0.453. The molecule has 1 fully saturated rings. The topological polar surface area (TPSA) is 80.2 Å². The lowest BCUT2D eigenvalue weighted by atomic mass is 10.1. The Balaban J connectivity index is 1.71. The van der Waals surface area contributed by atoms with E-state index in [1.165, 1.54) is 36.9 Å². The Hall–Kier alpha value is -3.05. The second kappa shape index (κ2) is 10.3. The van der Waals surface area contributed by atoms with Crippen LogP contribution in [0, 0.1) is 6.92 Å². The minimum Gasteiger partial charge on any atom is -0.496 e. The van der Waals surface area contributed by atoms with Crippen LogP contribution in [-0.4, -0.2) is 45.5 Å². The summed E-state index contributed by atoms with van der Waals surface area (Å²) in [6, 6.07) is 4.32. The molecule has 0 spiro atoms. The van der Waals surface area contributed by atoms with Crippen molar-refractivity contribution in [3.8, 4) is 17.0 Å². The largest absolute Gasteiger partial charge is 0.496 e. The van der Waals surface area contributed by atoms with Crippen LogP contribution in [-0.2, 0) is 12.7 Å². The number of thiazole rings is 1. The predicted octanol–water partition coefficient (Wildman–Crippen LogP) is 5.56. The first-order valence-corrected chi connectivity index (χ1v) is 12.1. The van der Waals surface area contributed by atoms with Gasteiger partial charge in [0, 0.05) is 29.2 Å². The van der Waals surface area contributed by atoms with Crippen LogP contribution in [0.4, 0.5) is 18.3 Å². The number of aryl methyl sites for hydroxylation is 1. The summed E-state index contributed by atoms with van der Waals surface area (Å²) in [5.74, 6) is -0.738. The molecule has 0 bridgehead atoms. The SMILES string of the molecule is CCC1CCCN1Cc1sc(NC(=O)c2cnc(C)cn2)nc1-c1ccc(OC)c(C(F)(F)F)c1. The third-order valence-corrected chi connectivity index (χ3v) is 6.98. The molecule has 35 heavy (non-hydrogen) atoms. The molecule has 1 atom stereocenters. The maximum atomic E-state index is 13.7. The Morgan fingerprint density at radius 2 is 2.09 bits per heavy atom. The number of halogens is 3. The van der Waals surface area contributed by atoms with Gasteiger partial charge in [-0.3, -0.25) is 20.0 Å². The summed E-state index contributed by atoms with van der Waals surface area (Å²) in [5, 5.41) is 3.02. The lowest BCUT2D eigenvalue weighted by Gasteiger charge is -2.23. The van der Waals surface area contributed by atoms with E-state index in [1.54, 1.807) is 13.0 Å². The fourth-order valence-electron chi connectivity index (χ4n) is 4.24. The second-order valence-corrected chi connectivity index (χ2v) is 9.46. The second-order valence-electron chi connectivity index (χ2n) is 8.38. The van der Waals surface area contributed by atoms with Gasteiger partial charge in [-0.15, -0.1) is 0 Å². The molecule has 1 aromatic carbocycles. The number of hydrogen-bond acceptors (Lipinski definition) is 7. The highest BCUT2D eigenvalue weighted by Gasteiger charge is 2.35. The summed E-state index contributed by atoms with van der Waals surface area (Å²) in [5.41, 5.74) is 0.659. The molecule has 7 nitrogen and oxygen atoms in total. The molecule has 4 rings (SSSR count). The first kappa shape index (κ1) is 25.1. The lowest BCUT2D eigenvalue weighted by Crippen LogP contribution is -2.28. The molecule has 3 aromatic rings. The van der Waals surface area contributed by atoms with Crippen LogP contribution in [0.3, 0.4) is 0 Å². The highest BCUT2D eigenvalue weighted by molar-refractivity contribution is 7.16. The van der Waals surface area contributed by atoms with E-state index >= 15 is 0 Å². The molecule has 1 N–H and O–H groups in total. The van der Waals surface area contributed by atoms with E-state index in [-0.39, 0.29) is 11.4 Å². The number of amides is 1. The summed E-state index contributed by atoms with van der Waals surface area (Å²) in [7, 11) is 1.21. The van der Waals surface area contributed by atoms with Crippen LogP contribution < -0.4 is 10.1 Å². The maximum Gasteiger partial charge on any atom is 0.419 e. The normalized spacial score (nSPS) is 16.5. The summed E-state index contributed by atoms with van der Waals surface area (Å²) in [6.45, 7) is 5.34. The highest BCUT2D eigenvalue weighted by Crippen LogP contribution is 2.41. The van der Waals surface area contributed by atoms with Gasteiger partial charge in [-0.1, -0.05) is 18.3 Å². The lowest BCUT2D eigenvalue weighted by molar-refractivity contribution is -0.138. The monoisotopic (exact) mass is 505 g/mol. The molecule has 1 aliphatic rings. The molecule has 1 saturated heterocycles. The smallest absolute Gasteiger partial charge is 0.419 e. The van der Waals surface area contributed by atoms with E-state index in [4.69, 9.17) is 4.74 Å². The molecule has 3 heterocycles. The number of anilines is 1. The van der Waals surface area contributed by atoms with Crippen LogP contribution >= 0.6 is 11.3 Å². The molecule has 11 heteroatoms. The Labute approximate surface area is 205 Å². The number of hydrogen-bond donors (Lipinski definition) is 1. The van der Waals surface area contributed by atoms with Crippen molar-refractivity contribution in [3.63, 3.8) is 0 Å². The van der Waals surface area contributed by atoms with E-state index in [0.29, 0.717) is 34.7 Å². The predicted molar refractivity (Wildman–Crippen MR) is 128 cm³/mol. The minimum absolute atomic E-state index is 0.128. The van der Waals surface area contributed by atoms with Crippen LogP contribution in [0.2, 0.25) is 0 Å². The third kappa shape index (κ3) is 5.62. The Kier molecular flexibility index (Phi) is 7.36. The number of nitrogens with one attached hydrogen (secondary N) is 1. The fourth-order valence-corrected chi connectivity index (χ4v) is 5.24. The van der Waals surface area contributed by atoms with Crippen molar-refractivity contribution in [1.82, 2.24) is 19.9 Å². The number of rotatable bonds is 7. The minimum atomic E-state index is -4.58. The first-order valence-electron chi connectivity index (χ1n) is 11.3. The molecule has 0 radical (unpaired) electrons. The summed E-state index contributed by atoms with van der Waals surface area (Å²) < 4.78 is 45.9. The molecule has 1 amide bonds. The van der Waals surface area contributed by atoms with Gasteiger partial charge < -0.3 is 4.74 Å². The van der Waals surface area contributed by atoms with Crippen LogP contribution in [0.25, 0.3) is 11.3 Å². The van der Waals surface area contributed by atoms with Gasteiger partial charge in [-0.25, -0.2) is 9.97 Å². The van der Waals surface area contributed by atoms with E-state index < -0.39 is 17.6 Å². The van der Waals surface area contributed by atoms with Gasteiger partial charge in [0.1, 0.15) is 11.4 Å². The van der Waals surface area contributed by atoms with Gasteiger partial charge in [-0.2, -0.15) is 13.2 Å². The van der Waals surface area contributed by atoms with Crippen molar-refractivity contribution in [2.75, 3.05) is 19.0 Å². The molecule has 1 unspecified atom stereocenters. The number of aromatic nitrogens is 3. The zero-order chi connectivity index (χ0) is 25.2. The van der Waals surface area contributed by atoms with Gasteiger partial charge in [0.2, 0.25) is 0 Å². The molecular formula is C24H26F3N5O2S. The van der Waals surface area contributed by atoms with Gasteiger partial charge >= 0.3 is 6.18 Å². The van der Waals surface area contributed by atoms with Crippen molar-refractivity contribution in [2.45, 2.75) is 51.9 Å². The third-order valence-electron chi connectivity index (χ3n) is 6.03. The number of carbonyl (C=O) groups is 1. The Morgan fingerprint density at radius 3 is 2.74 bits per heavy atom. The fraction of sp³-hybridized carbons (Fsp3) is 0.417. The standard InChI is InChI=1S/C24H26F3N5O2S/c1-4-16-6-5-9-32(16)13-20-21(15-7-8-19(34-3)17(10-15)24(25,26)27)30-23(35-20)31-22(33)18-12-28-14(2)11-29-18/h7-8,10-12,16H,4-6,9,13H2,1-3H3,(H,30,31,33). The zero-order valence-electron chi connectivity index (χ0n) is 19.6. The van der Waals surface area contributed by atoms with Gasteiger partial charge in [-0.05, 0) is 50.9 Å². The Bertz CT molecular complexity index is 1200.